The van der Waals surface area contributed by atoms with Crippen LogP contribution in [0.2, 0.25) is 0 Å². The van der Waals surface area contributed by atoms with Gasteiger partial charge in [-0.25, -0.2) is 14.4 Å². The Hall–Kier alpha value is -3.48. The highest BCUT2D eigenvalue weighted by atomic mass is 19.1. The van der Waals surface area contributed by atoms with Gasteiger partial charge < -0.3 is 15.4 Å². The predicted octanol–water partition coefficient (Wildman–Crippen LogP) is 4.31. The molecule has 0 saturated heterocycles. The molecule has 0 saturated carbocycles. The maximum atomic E-state index is 12.9. The number of benzene rings is 2. The third kappa shape index (κ3) is 6.27. The van der Waals surface area contributed by atoms with Gasteiger partial charge in [-0.05, 0) is 62.2 Å². The minimum Gasteiger partial charge on any atom is -0.491 e. The Balaban J connectivity index is 1.49. The number of carbonyl (C=O) groups is 1. The van der Waals surface area contributed by atoms with E-state index in [2.05, 4.69) is 20.6 Å². The highest BCUT2D eigenvalue weighted by molar-refractivity contribution is 6.03. The Labute approximate surface area is 169 Å². The van der Waals surface area contributed by atoms with Gasteiger partial charge in [0.2, 0.25) is 5.95 Å². The quantitative estimate of drug-likeness (QED) is 0.595. The molecule has 0 aliphatic carbocycles. The van der Waals surface area contributed by atoms with Crippen molar-refractivity contribution in [3.8, 4) is 5.75 Å². The minimum absolute atomic E-state index is 0.0930. The number of aromatic nitrogens is 2. The zero-order valence-electron chi connectivity index (χ0n) is 16.4. The van der Waals surface area contributed by atoms with Gasteiger partial charge in [-0.3, -0.25) is 4.79 Å². The van der Waals surface area contributed by atoms with E-state index in [9.17, 15) is 9.18 Å². The molecular formula is C22H23FN4O2. The van der Waals surface area contributed by atoms with Crippen LogP contribution in [0.1, 0.15) is 29.8 Å². The van der Waals surface area contributed by atoms with Crippen LogP contribution in [-0.4, -0.2) is 28.5 Å². The first-order chi connectivity index (χ1) is 14.0. The van der Waals surface area contributed by atoms with Gasteiger partial charge in [-0.15, -0.1) is 0 Å². The van der Waals surface area contributed by atoms with E-state index >= 15 is 0 Å². The van der Waals surface area contributed by atoms with Crippen molar-refractivity contribution in [3.63, 3.8) is 0 Å². The summed E-state index contributed by atoms with van der Waals surface area (Å²) in [6.07, 6.45) is 3.75. The zero-order chi connectivity index (χ0) is 20.6. The summed E-state index contributed by atoms with van der Waals surface area (Å²) in [5, 5.41) is 5.89. The highest BCUT2D eigenvalue weighted by Crippen LogP contribution is 2.17. The highest BCUT2D eigenvalue weighted by Gasteiger charge is 2.08. The number of nitrogens with zero attached hydrogens (tertiary/aromatic N) is 2. The van der Waals surface area contributed by atoms with Crippen molar-refractivity contribution >= 4 is 17.5 Å². The number of carbonyl (C=O) groups excluding carboxylic acids is 1. The molecule has 1 aromatic heterocycles. The van der Waals surface area contributed by atoms with Crippen LogP contribution in [0.3, 0.4) is 0 Å². The van der Waals surface area contributed by atoms with Crippen LogP contribution in [-0.2, 0) is 6.42 Å². The molecular weight excluding hydrogens is 371 g/mol. The average molecular weight is 394 g/mol. The lowest BCUT2D eigenvalue weighted by Gasteiger charge is -2.10. The van der Waals surface area contributed by atoms with Crippen LogP contribution in [0.25, 0.3) is 0 Å². The third-order valence-corrected chi connectivity index (χ3v) is 4.01. The molecule has 0 fully saturated rings. The van der Waals surface area contributed by atoms with Gasteiger partial charge in [0.05, 0.1) is 11.7 Å². The summed E-state index contributed by atoms with van der Waals surface area (Å²) in [7, 11) is 0. The second-order valence-corrected chi connectivity index (χ2v) is 6.74. The molecule has 2 aromatic carbocycles. The Morgan fingerprint density at radius 3 is 2.31 bits per heavy atom. The Kier molecular flexibility index (Phi) is 6.73. The molecule has 1 amide bonds. The van der Waals surface area contributed by atoms with Gasteiger partial charge >= 0.3 is 0 Å². The summed E-state index contributed by atoms with van der Waals surface area (Å²) in [6.45, 7) is 4.51. The van der Waals surface area contributed by atoms with E-state index < -0.39 is 0 Å². The maximum Gasteiger partial charge on any atom is 0.258 e. The van der Waals surface area contributed by atoms with Crippen LogP contribution in [0.4, 0.5) is 16.0 Å². The number of nitrogens with one attached hydrogen (secondary N) is 2. The maximum absolute atomic E-state index is 12.9. The van der Waals surface area contributed by atoms with Crippen LogP contribution < -0.4 is 15.4 Å². The van der Waals surface area contributed by atoms with E-state index in [0.717, 1.165) is 11.3 Å². The van der Waals surface area contributed by atoms with Crippen molar-refractivity contribution in [2.45, 2.75) is 26.4 Å². The van der Waals surface area contributed by atoms with Gasteiger partial charge in [0, 0.05) is 24.6 Å². The molecule has 0 aliphatic rings. The van der Waals surface area contributed by atoms with Crippen LogP contribution in [0, 0.1) is 5.82 Å². The van der Waals surface area contributed by atoms with Crippen molar-refractivity contribution in [2.24, 2.45) is 0 Å². The first-order valence-corrected chi connectivity index (χ1v) is 9.38. The minimum atomic E-state index is -0.291. The van der Waals surface area contributed by atoms with E-state index in [4.69, 9.17) is 4.74 Å². The number of anilines is 2. The first-order valence-electron chi connectivity index (χ1n) is 9.38. The Bertz CT molecular complexity index is 927. The topological polar surface area (TPSA) is 76.1 Å². The normalized spacial score (nSPS) is 10.6. The molecule has 29 heavy (non-hydrogen) atoms. The van der Waals surface area contributed by atoms with E-state index in [-0.39, 0.29) is 17.8 Å². The number of hydrogen-bond acceptors (Lipinski definition) is 5. The fourth-order valence-electron chi connectivity index (χ4n) is 2.60. The van der Waals surface area contributed by atoms with Gasteiger partial charge in [-0.1, -0.05) is 12.1 Å². The smallest absolute Gasteiger partial charge is 0.258 e. The fraction of sp³-hybridized carbons (Fsp3) is 0.227. The zero-order valence-corrected chi connectivity index (χ0v) is 16.4. The standard InChI is InChI=1S/C22H23FN4O2/c1-15(2)29-20-9-7-19(8-10-20)27-21(28)17-13-25-22(26-14-17)24-12-11-16-3-5-18(23)6-4-16/h3-10,13-15H,11-12H2,1-2H3,(H,27,28)(H,24,25,26). The fourth-order valence-corrected chi connectivity index (χ4v) is 2.60. The molecule has 150 valence electrons. The largest absolute Gasteiger partial charge is 0.491 e. The lowest BCUT2D eigenvalue weighted by molar-refractivity contribution is 0.102. The van der Waals surface area contributed by atoms with Crippen molar-refractivity contribution in [1.29, 1.82) is 0 Å². The van der Waals surface area contributed by atoms with E-state index in [1.165, 1.54) is 24.5 Å². The molecule has 0 radical (unpaired) electrons. The summed E-state index contributed by atoms with van der Waals surface area (Å²) < 4.78 is 18.5. The summed E-state index contributed by atoms with van der Waals surface area (Å²) >= 11 is 0. The summed E-state index contributed by atoms with van der Waals surface area (Å²) in [5.74, 6) is 0.635. The molecule has 7 heteroatoms. The van der Waals surface area contributed by atoms with Crippen molar-refractivity contribution in [2.75, 3.05) is 17.2 Å². The number of amides is 1. The van der Waals surface area contributed by atoms with Crippen LogP contribution in [0.5, 0.6) is 5.75 Å². The number of hydrogen-bond donors (Lipinski definition) is 2. The molecule has 0 bridgehead atoms. The van der Waals surface area contributed by atoms with E-state index in [1.807, 2.05) is 13.8 Å². The van der Waals surface area contributed by atoms with E-state index in [1.54, 1.807) is 36.4 Å². The summed E-state index contributed by atoms with van der Waals surface area (Å²) in [5.41, 5.74) is 2.03. The summed E-state index contributed by atoms with van der Waals surface area (Å²) in [6, 6.07) is 13.5. The molecule has 2 N–H and O–H groups in total. The number of ether oxygens (including phenoxy) is 1. The SMILES string of the molecule is CC(C)Oc1ccc(NC(=O)c2cnc(NCCc3ccc(F)cc3)nc2)cc1. The van der Waals surface area contributed by atoms with Gasteiger partial charge in [0.25, 0.3) is 5.91 Å². The predicted molar refractivity (Wildman–Crippen MR) is 111 cm³/mol. The Morgan fingerprint density at radius 1 is 1.03 bits per heavy atom. The first kappa shape index (κ1) is 20.3. The molecule has 3 aromatic rings. The molecule has 0 aliphatic heterocycles. The molecule has 0 unspecified atom stereocenters. The molecule has 6 nitrogen and oxygen atoms in total. The molecule has 0 atom stereocenters. The van der Waals surface area contributed by atoms with Crippen molar-refractivity contribution < 1.29 is 13.9 Å². The van der Waals surface area contributed by atoms with Crippen LogP contribution >= 0.6 is 0 Å². The van der Waals surface area contributed by atoms with E-state index in [0.29, 0.717) is 30.2 Å². The number of halogens is 1. The number of rotatable bonds is 8. The molecule has 0 spiro atoms. The summed E-state index contributed by atoms with van der Waals surface area (Å²) in [4.78, 5) is 20.7. The van der Waals surface area contributed by atoms with Gasteiger partial charge in [0.1, 0.15) is 11.6 Å². The van der Waals surface area contributed by atoms with Crippen LogP contribution in [0.15, 0.2) is 60.9 Å². The third-order valence-electron chi connectivity index (χ3n) is 4.01. The monoisotopic (exact) mass is 394 g/mol. The van der Waals surface area contributed by atoms with Crippen molar-refractivity contribution in [1.82, 2.24) is 9.97 Å². The lowest BCUT2D eigenvalue weighted by atomic mass is 10.1. The average Bonchev–Trinajstić information content (AvgIpc) is 2.71. The van der Waals surface area contributed by atoms with Gasteiger partial charge in [0.15, 0.2) is 0 Å². The lowest BCUT2D eigenvalue weighted by Crippen LogP contribution is -2.14. The molecule has 1 heterocycles. The second-order valence-electron chi connectivity index (χ2n) is 6.74. The Morgan fingerprint density at radius 2 is 1.69 bits per heavy atom. The van der Waals surface area contributed by atoms with Crippen molar-refractivity contribution in [3.05, 3.63) is 77.9 Å². The second kappa shape index (κ2) is 9.64. The molecule has 3 rings (SSSR count). The van der Waals surface area contributed by atoms with Gasteiger partial charge in [-0.2, -0.15) is 0 Å².